The van der Waals surface area contributed by atoms with E-state index in [9.17, 15) is 0 Å². The summed E-state index contributed by atoms with van der Waals surface area (Å²) < 4.78 is 5.09. The maximum Gasteiger partial charge on any atom is 0.142 e. The van der Waals surface area contributed by atoms with Gasteiger partial charge in [-0.1, -0.05) is 18.2 Å². The van der Waals surface area contributed by atoms with Crippen LogP contribution in [0.2, 0.25) is 0 Å². The first-order valence-corrected chi connectivity index (χ1v) is 6.96. The molecule has 19 heavy (non-hydrogen) atoms. The molecule has 0 aliphatic carbocycles. The van der Waals surface area contributed by atoms with Crippen molar-refractivity contribution in [2.45, 2.75) is 13.5 Å². The van der Waals surface area contributed by atoms with Crippen molar-refractivity contribution in [3.8, 4) is 10.7 Å². The van der Waals surface area contributed by atoms with Gasteiger partial charge < -0.3 is 4.74 Å². The predicted octanol–water partition coefficient (Wildman–Crippen LogP) is 3.81. The number of pyridine rings is 1. The van der Waals surface area contributed by atoms with Gasteiger partial charge in [0.25, 0.3) is 0 Å². The minimum absolute atomic E-state index is 0.545. The zero-order valence-corrected chi connectivity index (χ0v) is 11.7. The SMILES string of the molecule is COCc1csc(-c2cc(C)c3ccccc3n2)n1. The lowest BCUT2D eigenvalue weighted by Gasteiger charge is -2.04. The third kappa shape index (κ3) is 2.37. The van der Waals surface area contributed by atoms with Crippen molar-refractivity contribution in [2.75, 3.05) is 7.11 Å². The number of hydrogen-bond acceptors (Lipinski definition) is 4. The van der Waals surface area contributed by atoms with Crippen LogP contribution in [0.15, 0.2) is 35.7 Å². The Labute approximate surface area is 115 Å². The molecule has 0 radical (unpaired) electrons. The summed E-state index contributed by atoms with van der Waals surface area (Å²) in [5.41, 5.74) is 4.13. The number of ether oxygens (including phenoxy) is 1. The molecule has 96 valence electrons. The number of methoxy groups -OCH3 is 1. The molecule has 3 rings (SSSR count). The van der Waals surface area contributed by atoms with Crippen LogP contribution < -0.4 is 0 Å². The fraction of sp³-hybridized carbons (Fsp3) is 0.200. The predicted molar refractivity (Wildman–Crippen MR) is 78.3 cm³/mol. The van der Waals surface area contributed by atoms with Gasteiger partial charge in [0.1, 0.15) is 5.01 Å². The number of benzene rings is 1. The Kier molecular flexibility index (Phi) is 3.27. The highest BCUT2D eigenvalue weighted by atomic mass is 32.1. The Morgan fingerprint density at radius 3 is 2.89 bits per heavy atom. The van der Waals surface area contributed by atoms with Gasteiger partial charge in [0, 0.05) is 17.9 Å². The van der Waals surface area contributed by atoms with Crippen molar-refractivity contribution < 1.29 is 4.74 Å². The van der Waals surface area contributed by atoms with Crippen molar-refractivity contribution in [1.82, 2.24) is 9.97 Å². The van der Waals surface area contributed by atoms with Crippen LogP contribution in [-0.4, -0.2) is 17.1 Å². The van der Waals surface area contributed by atoms with Gasteiger partial charge in [-0.05, 0) is 24.6 Å². The zero-order chi connectivity index (χ0) is 13.2. The van der Waals surface area contributed by atoms with E-state index >= 15 is 0 Å². The monoisotopic (exact) mass is 270 g/mol. The van der Waals surface area contributed by atoms with Crippen molar-refractivity contribution in [3.05, 3.63) is 47.0 Å². The summed E-state index contributed by atoms with van der Waals surface area (Å²) in [6, 6.07) is 10.3. The zero-order valence-electron chi connectivity index (χ0n) is 10.9. The summed E-state index contributed by atoms with van der Waals surface area (Å²) in [7, 11) is 1.68. The van der Waals surface area contributed by atoms with E-state index in [0.29, 0.717) is 6.61 Å². The van der Waals surface area contributed by atoms with E-state index in [1.54, 1.807) is 18.4 Å². The maximum atomic E-state index is 5.09. The van der Waals surface area contributed by atoms with Crippen molar-refractivity contribution in [3.63, 3.8) is 0 Å². The van der Waals surface area contributed by atoms with E-state index in [2.05, 4.69) is 29.0 Å². The van der Waals surface area contributed by atoms with Gasteiger partial charge in [0.2, 0.25) is 0 Å². The number of fused-ring (bicyclic) bond motifs is 1. The van der Waals surface area contributed by atoms with E-state index in [4.69, 9.17) is 4.74 Å². The van der Waals surface area contributed by atoms with Crippen molar-refractivity contribution >= 4 is 22.2 Å². The largest absolute Gasteiger partial charge is 0.378 e. The molecular formula is C15H14N2OS. The van der Waals surface area contributed by atoms with Gasteiger partial charge in [-0.2, -0.15) is 0 Å². The maximum absolute atomic E-state index is 5.09. The molecule has 0 atom stereocenters. The Bertz CT molecular complexity index is 721. The molecule has 0 saturated carbocycles. The molecule has 1 aromatic carbocycles. The first-order chi connectivity index (χ1) is 9.28. The minimum atomic E-state index is 0.545. The number of rotatable bonds is 3. The van der Waals surface area contributed by atoms with Gasteiger partial charge in [-0.15, -0.1) is 11.3 Å². The fourth-order valence-corrected chi connectivity index (χ4v) is 2.86. The lowest BCUT2D eigenvalue weighted by molar-refractivity contribution is 0.182. The van der Waals surface area contributed by atoms with Gasteiger partial charge in [-0.3, -0.25) is 0 Å². The van der Waals surface area contributed by atoms with E-state index < -0.39 is 0 Å². The topological polar surface area (TPSA) is 35.0 Å². The molecule has 0 amide bonds. The quantitative estimate of drug-likeness (QED) is 0.726. The summed E-state index contributed by atoms with van der Waals surface area (Å²) in [5.74, 6) is 0. The molecule has 0 bridgehead atoms. The second-order valence-electron chi connectivity index (χ2n) is 4.42. The number of hydrogen-bond donors (Lipinski definition) is 0. The summed E-state index contributed by atoms with van der Waals surface area (Å²) in [6.45, 7) is 2.65. The fourth-order valence-electron chi connectivity index (χ4n) is 2.10. The van der Waals surface area contributed by atoms with Crippen LogP contribution in [0.1, 0.15) is 11.3 Å². The molecule has 0 N–H and O–H groups in total. The molecule has 0 unspecified atom stereocenters. The van der Waals surface area contributed by atoms with E-state index in [1.165, 1.54) is 10.9 Å². The number of para-hydroxylation sites is 1. The van der Waals surface area contributed by atoms with Gasteiger partial charge in [-0.25, -0.2) is 9.97 Å². The molecule has 0 aliphatic rings. The number of thiazole rings is 1. The molecule has 2 heterocycles. The second-order valence-corrected chi connectivity index (χ2v) is 5.28. The Balaban J connectivity index is 2.09. The van der Waals surface area contributed by atoms with E-state index in [0.717, 1.165) is 21.9 Å². The highest BCUT2D eigenvalue weighted by Crippen LogP contribution is 2.26. The Morgan fingerprint density at radius 2 is 2.05 bits per heavy atom. The minimum Gasteiger partial charge on any atom is -0.378 e. The van der Waals surface area contributed by atoms with Crippen LogP contribution in [0.4, 0.5) is 0 Å². The third-order valence-electron chi connectivity index (χ3n) is 2.99. The highest BCUT2D eigenvalue weighted by Gasteiger charge is 2.08. The molecule has 3 nitrogen and oxygen atoms in total. The summed E-state index contributed by atoms with van der Waals surface area (Å²) in [5, 5.41) is 4.16. The molecule has 2 aromatic heterocycles. The van der Waals surface area contributed by atoms with Crippen LogP contribution >= 0.6 is 11.3 Å². The van der Waals surface area contributed by atoms with E-state index in [-0.39, 0.29) is 0 Å². The molecular weight excluding hydrogens is 256 g/mol. The molecule has 0 fully saturated rings. The second kappa shape index (κ2) is 5.07. The normalized spacial score (nSPS) is 11.1. The van der Waals surface area contributed by atoms with Gasteiger partial charge in [0.05, 0.1) is 23.5 Å². The smallest absolute Gasteiger partial charge is 0.142 e. The third-order valence-corrected chi connectivity index (χ3v) is 3.90. The number of nitrogens with zero attached hydrogens (tertiary/aromatic N) is 2. The molecule has 0 spiro atoms. The average molecular weight is 270 g/mol. The van der Waals surface area contributed by atoms with Crippen LogP contribution in [0.3, 0.4) is 0 Å². The summed E-state index contributed by atoms with van der Waals surface area (Å²) >= 11 is 1.61. The standard InChI is InChI=1S/C15H14N2OS/c1-10-7-14(15-16-11(8-18-2)9-19-15)17-13-6-4-3-5-12(10)13/h3-7,9H,8H2,1-2H3. The number of aromatic nitrogens is 2. The van der Waals surface area contributed by atoms with Gasteiger partial charge >= 0.3 is 0 Å². The van der Waals surface area contributed by atoms with Crippen LogP contribution in [0.5, 0.6) is 0 Å². The molecule has 3 aromatic rings. The van der Waals surface area contributed by atoms with Crippen molar-refractivity contribution in [2.24, 2.45) is 0 Å². The first kappa shape index (κ1) is 12.3. The lowest BCUT2D eigenvalue weighted by atomic mass is 10.1. The van der Waals surface area contributed by atoms with Crippen molar-refractivity contribution in [1.29, 1.82) is 0 Å². The van der Waals surface area contributed by atoms with Crippen LogP contribution in [0.25, 0.3) is 21.6 Å². The Morgan fingerprint density at radius 1 is 1.21 bits per heavy atom. The summed E-state index contributed by atoms with van der Waals surface area (Å²) in [6.07, 6.45) is 0. The van der Waals surface area contributed by atoms with Gasteiger partial charge in [0.15, 0.2) is 0 Å². The molecule has 4 heteroatoms. The summed E-state index contributed by atoms with van der Waals surface area (Å²) in [4.78, 5) is 9.24. The average Bonchev–Trinajstić information content (AvgIpc) is 2.88. The molecule has 0 saturated heterocycles. The first-order valence-electron chi connectivity index (χ1n) is 6.08. The molecule has 0 aliphatic heterocycles. The lowest BCUT2D eigenvalue weighted by Crippen LogP contribution is -1.90. The number of aryl methyl sites for hydroxylation is 1. The highest BCUT2D eigenvalue weighted by molar-refractivity contribution is 7.13. The Hall–Kier alpha value is -1.78. The van der Waals surface area contributed by atoms with Crippen LogP contribution in [0, 0.1) is 6.92 Å². The van der Waals surface area contributed by atoms with Crippen LogP contribution in [-0.2, 0) is 11.3 Å². The van der Waals surface area contributed by atoms with E-state index in [1.807, 2.05) is 23.6 Å².